The molecule has 0 N–H and O–H groups in total. The fraction of sp³-hybridized carbons (Fsp3) is 0.0811. The molecular weight excluding hydrogens is 742 g/mol. The van der Waals surface area contributed by atoms with Crippen LogP contribution in [0.4, 0.5) is 11.4 Å². The summed E-state index contributed by atoms with van der Waals surface area (Å²) in [7, 11) is 0. The van der Waals surface area contributed by atoms with Gasteiger partial charge in [0, 0.05) is 29.7 Å². The number of hydrogen-bond acceptors (Lipinski definition) is 8. The van der Waals surface area contributed by atoms with Crippen molar-refractivity contribution in [2.24, 2.45) is 0 Å². The number of nitrogens with zero attached hydrogens (tertiary/aromatic N) is 2. The van der Waals surface area contributed by atoms with Crippen molar-refractivity contribution in [3.05, 3.63) is 139 Å². The number of hydrogen-bond donors (Lipinski definition) is 0. The van der Waals surface area contributed by atoms with Gasteiger partial charge < -0.3 is 9.47 Å². The molecule has 2 aliphatic rings. The minimum absolute atomic E-state index is 0.0160. The zero-order chi connectivity index (χ0) is 36.8. The Bertz CT molecular complexity index is 2040. The maximum absolute atomic E-state index is 13.1. The molecule has 10 nitrogen and oxygen atoms in total. The van der Waals surface area contributed by atoms with Crippen LogP contribution >= 0.6 is 46.4 Å². The van der Waals surface area contributed by atoms with E-state index in [1.54, 1.807) is 24.3 Å². The van der Waals surface area contributed by atoms with Crippen LogP contribution in [0.1, 0.15) is 45.7 Å². The first-order valence-corrected chi connectivity index (χ1v) is 16.4. The third kappa shape index (κ3) is 6.91. The molecule has 0 aromatic heterocycles. The maximum atomic E-state index is 13.1. The average Bonchev–Trinajstić information content (AvgIpc) is 3.62. The quantitative estimate of drug-likeness (QED) is 0.101. The van der Waals surface area contributed by atoms with Crippen LogP contribution in [-0.4, -0.2) is 35.6 Å². The largest absolute Gasteiger partial charge is 0.420 e. The number of anilines is 2. The number of carbonyl (C=O) groups is 6. The molecule has 0 atom stereocenters. The van der Waals surface area contributed by atoms with Gasteiger partial charge in [0.1, 0.15) is 0 Å². The van der Waals surface area contributed by atoms with Gasteiger partial charge in [-0.2, -0.15) is 0 Å². The van der Waals surface area contributed by atoms with Crippen LogP contribution in [0, 0.1) is 0 Å². The Labute approximate surface area is 310 Å². The number of rotatable bonds is 8. The van der Waals surface area contributed by atoms with E-state index in [0.717, 1.165) is 34.1 Å². The topological polar surface area (TPSA) is 127 Å². The fourth-order valence-electron chi connectivity index (χ4n) is 5.36. The molecule has 0 saturated heterocycles. The van der Waals surface area contributed by atoms with Gasteiger partial charge in [0.15, 0.2) is 11.5 Å². The monoisotopic (exact) mass is 762 g/mol. The second-order valence-corrected chi connectivity index (χ2v) is 13.4. The Morgan fingerprint density at radius 3 is 1.16 bits per heavy atom. The molecule has 0 bridgehead atoms. The molecule has 256 valence electrons. The molecule has 4 aromatic rings. The first kappa shape index (κ1) is 35.6. The fourth-order valence-corrected chi connectivity index (χ4v) is 6.49. The third-order valence-electron chi connectivity index (χ3n) is 8.13. The molecule has 4 aromatic carbocycles. The first-order valence-electron chi connectivity index (χ1n) is 14.9. The molecule has 6 rings (SSSR count). The Hall–Kier alpha value is -5.26. The van der Waals surface area contributed by atoms with E-state index in [2.05, 4.69) is 0 Å². The molecule has 14 heteroatoms. The second-order valence-electron chi connectivity index (χ2n) is 11.7. The molecule has 2 aliphatic heterocycles. The van der Waals surface area contributed by atoms with E-state index >= 15 is 0 Å². The molecular formula is C37H22Cl4N2O8. The average molecular weight is 764 g/mol. The van der Waals surface area contributed by atoms with Gasteiger partial charge >= 0.3 is 11.9 Å². The number of carbonyl (C=O) groups excluding carboxylic acids is 6. The lowest BCUT2D eigenvalue weighted by molar-refractivity contribution is -0.121. The summed E-state index contributed by atoms with van der Waals surface area (Å²) in [5.41, 5.74) is 0.805. The van der Waals surface area contributed by atoms with E-state index in [-0.39, 0.29) is 54.1 Å². The smallest absolute Gasteiger partial charge is 0.343 e. The first-order chi connectivity index (χ1) is 24.1. The summed E-state index contributed by atoms with van der Waals surface area (Å²) in [5, 5.41) is 0.0639. The summed E-state index contributed by atoms with van der Waals surface area (Å²) in [6, 6.07) is 17.8. The van der Waals surface area contributed by atoms with Gasteiger partial charge in [-0.05, 0) is 71.8 Å². The SMILES string of the molecule is CC(C)(c1cc(Cl)c(OC(=O)c2cccc(N3C(=O)C=CC3=O)c2)c(Cl)c1)c1cc(Cl)c(OC(=O)c2cccc(N3C(=O)C=CC3=O)c2)c(Cl)c1. The van der Waals surface area contributed by atoms with E-state index in [1.165, 1.54) is 48.5 Å². The predicted octanol–water partition coefficient (Wildman–Crippen LogP) is 7.92. The summed E-state index contributed by atoms with van der Waals surface area (Å²) in [6.45, 7) is 3.69. The van der Waals surface area contributed by atoms with Crippen molar-refractivity contribution in [2.75, 3.05) is 9.80 Å². The standard InChI is InChI=1S/C37H22Cl4N2O8/c1-37(2,21-15-25(38)33(26(39)16-21)50-35(48)19-5-3-7-23(13-19)42-29(44)9-10-30(42)45)22-17-27(40)34(28(41)18-22)51-36(49)20-6-4-8-24(14-20)43-31(46)11-12-32(43)47/h3-18H,1-2H3. The van der Waals surface area contributed by atoms with Crippen LogP contribution < -0.4 is 19.3 Å². The highest BCUT2D eigenvalue weighted by Gasteiger charge is 2.30. The lowest BCUT2D eigenvalue weighted by atomic mass is 9.78. The molecule has 0 spiro atoms. The van der Waals surface area contributed by atoms with Gasteiger partial charge in [0.2, 0.25) is 0 Å². The Kier molecular flexibility index (Phi) is 9.63. The van der Waals surface area contributed by atoms with Crippen LogP contribution in [0.5, 0.6) is 11.5 Å². The Balaban J connectivity index is 1.20. The lowest BCUT2D eigenvalue weighted by Crippen LogP contribution is -2.29. The summed E-state index contributed by atoms with van der Waals surface area (Å²) in [4.78, 5) is 76.4. The van der Waals surface area contributed by atoms with Crippen molar-refractivity contribution in [1.82, 2.24) is 0 Å². The van der Waals surface area contributed by atoms with Gasteiger partial charge in [-0.15, -0.1) is 0 Å². The lowest BCUT2D eigenvalue weighted by Gasteiger charge is -2.28. The minimum atomic E-state index is -0.847. The van der Waals surface area contributed by atoms with Gasteiger partial charge in [0.25, 0.3) is 23.6 Å². The molecule has 2 heterocycles. The van der Waals surface area contributed by atoms with Crippen molar-refractivity contribution >= 4 is 93.3 Å². The number of benzene rings is 4. The summed E-state index contributed by atoms with van der Waals surface area (Å²) >= 11 is 26.3. The summed E-state index contributed by atoms with van der Waals surface area (Å²) in [5.74, 6) is -4.03. The number of esters is 2. The Morgan fingerprint density at radius 2 is 0.843 bits per heavy atom. The van der Waals surface area contributed by atoms with Crippen molar-refractivity contribution < 1.29 is 38.2 Å². The highest BCUT2D eigenvalue weighted by molar-refractivity contribution is 6.38. The number of halogens is 4. The van der Waals surface area contributed by atoms with E-state index in [4.69, 9.17) is 55.9 Å². The van der Waals surface area contributed by atoms with Gasteiger partial charge in [-0.25, -0.2) is 19.4 Å². The number of ether oxygens (including phenoxy) is 2. The van der Waals surface area contributed by atoms with Gasteiger partial charge in [-0.3, -0.25) is 19.2 Å². The normalized spacial score (nSPS) is 14.2. The van der Waals surface area contributed by atoms with E-state index in [9.17, 15) is 28.8 Å². The summed E-state index contributed by atoms with van der Waals surface area (Å²) in [6.07, 6.45) is 4.53. The highest BCUT2D eigenvalue weighted by Crippen LogP contribution is 2.44. The van der Waals surface area contributed by atoms with Gasteiger partial charge in [-0.1, -0.05) is 72.4 Å². The van der Waals surface area contributed by atoms with E-state index < -0.39 is 41.0 Å². The zero-order valence-corrected chi connectivity index (χ0v) is 29.4. The molecule has 0 unspecified atom stereocenters. The van der Waals surface area contributed by atoms with Crippen LogP contribution in [-0.2, 0) is 24.6 Å². The summed E-state index contributed by atoms with van der Waals surface area (Å²) < 4.78 is 11.1. The van der Waals surface area contributed by atoms with Crippen LogP contribution in [0.25, 0.3) is 0 Å². The molecule has 0 saturated carbocycles. The highest BCUT2D eigenvalue weighted by atomic mass is 35.5. The van der Waals surface area contributed by atoms with Crippen molar-refractivity contribution in [1.29, 1.82) is 0 Å². The molecule has 0 radical (unpaired) electrons. The second kappa shape index (κ2) is 13.8. The van der Waals surface area contributed by atoms with Crippen LogP contribution in [0.3, 0.4) is 0 Å². The molecule has 51 heavy (non-hydrogen) atoms. The third-order valence-corrected chi connectivity index (χ3v) is 9.25. The van der Waals surface area contributed by atoms with Crippen molar-refractivity contribution in [2.45, 2.75) is 19.3 Å². The number of amides is 4. The maximum Gasteiger partial charge on any atom is 0.343 e. The van der Waals surface area contributed by atoms with E-state index in [1.807, 2.05) is 13.8 Å². The van der Waals surface area contributed by atoms with Crippen LogP contribution in [0.15, 0.2) is 97.1 Å². The van der Waals surface area contributed by atoms with Gasteiger partial charge in [0.05, 0.1) is 42.6 Å². The van der Waals surface area contributed by atoms with Crippen molar-refractivity contribution in [3.8, 4) is 11.5 Å². The predicted molar refractivity (Wildman–Crippen MR) is 191 cm³/mol. The Morgan fingerprint density at radius 1 is 0.529 bits per heavy atom. The van der Waals surface area contributed by atoms with Crippen molar-refractivity contribution in [3.63, 3.8) is 0 Å². The molecule has 0 aliphatic carbocycles. The molecule has 0 fully saturated rings. The van der Waals surface area contributed by atoms with E-state index in [0.29, 0.717) is 11.1 Å². The zero-order valence-electron chi connectivity index (χ0n) is 26.4. The number of imide groups is 2. The molecule has 4 amide bonds. The minimum Gasteiger partial charge on any atom is -0.420 e. The van der Waals surface area contributed by atoms with Crippen LogP contribution in [0.2, 0.25) is 20.1 Å².